The molecule has 0 bridgehead atoms. The van der Waals surface area contributed by atoms with Crippen molar-refractivity contribution in [2.24, 2.45) is 17.4 Å². The van der Waals surface area contributed by atoms with E-state index in [1.54, 1.807) is 44.2 Å². The van der Waals surface area contributed by atoms with Gasteiger partial charge in [0.1, 0.15) is 18.1 Å². The zero-order valence-electron chi connectivity index (χ0n) is 19.2. The fraction of sp³-hybridized carbons (Fsp3) is 0.500. The van der Waals surface area contributed by atoms with Gasteiger partial charge in [-0.1, -0.05) is 44.2 Å². The Morgan fingerprint density at radius 2 is 1.50 bits per heavy atom. The monoisotopic (exact) mass is 495 g/mol. The van der Waals surface area contributed by atoms with Gasteiger partial charge in [-0.25, -0.2) is 4.79 Å². The number of carbonyl (C=O) groups excluding carboxylic acids is 4. The van der Waals surface area contributed by atoms with E-state index in [-0.39, 0.29) is 30.9 Å². The third-order valence-corrected chi connectivity index (χ3v) is 5.37. The minimum absolute atomic E-state index is 0.00823. The van der Waals surface area contributed by atoms with Crippen molar-refractivity contribution in [1.29, 1.82) is 0 Å². The van der Waals surface area contributed by atoms with Crippen LogP contribution >= 0.6 is 12.6 Å². The first-order valence-electron chi connectivity index (χ1n) is 10.8. The number of thiol groups is 1. The van der Waals surface area contributed by atoms with Crippen molar-refractivity contribution in [2.75, 3.05) is 5.75 Å². The molecule has 34 heavy (non-hydrogen) atoms. The highest BCUT2D eigenvalue weighted by molar-refractivity contribution is 7.80. The molecule has 1 aromatic carbocycles. The van der Waals surface area contributed by atoms with Crippen LogP contribution in [0.4, 0.5) is 0 Å². The number of carbonyl (C=O) groups is 5. The first-order chi connectivity index (χ1) is 16.0. The van der Waals surface area contributed by atoms with Gasteiger partial charge < -0.3 is 32.5 Å². The fourth-order valence-corrected chi connectivity index (χ4v) is 3.26. The molecule has 1 aromatic rings. The van der Waals surface area contributed by atoms with Gasteiger partial charge >= 0.3 is 5.97 Å². The van der Waals surface area contributed by atoms with Crippen molar-refractivity contribution in [2.45, 2.75) is 57.3 Å². The second-order valence-electron chi connectivity index (χ2n) is 8.17. The maximum atomic E-state index is 13.0. The number of primary amides is 1. The Balaban J connectivity index is 2.97. The maximum absolute atomic E-state index is 13.0. The summed E-state index contributed by atoms with van der Waals surface area (Å²) in [6.07, 6.45) is 0.0204. The molecule has 4 amide bonds. The van der Waals surface area contributed by atoms with Crippen molar-refractivity contribution in [3.8, 4) is 0 Å². The summed E-state index contributed by atoms with van der Waals surface area (Å²) >= 11 is 4.10. The minimum Gasteiger partial charge on any atom is -0.480 e. The van der Waals surface area contributed by atoms with Crippen LogP contribution in [0.25, 0.3) is 0 Å². The molecule has 1 rings (SSSR count). The van der Waals surface area contributed by atoms with Gasteiger partial charge in [-0.15, -0.1) is 0 Å². The number of carboxylic acids is 1. The molecule has 0 spiro atoms. The SMILES string of the molecule is CC(C)C(NC(=O)C(CS)NC(=O)C(Cc1ccccc1)NC(=O)C(N)CCC(N)=O)C(=O)O. The number of benzene rings is 1. The van der Waals surface area contributed by atoms with Gasteiger partial charge in [0.15, 0.2) is 0 Å². The molecule has 0 fully saturated rings. The summed E-state index contributed by atoms with van der Waals surface area (Å²) in [5, 5.41) is 16.8. The van der Waals surface area contributed by atoms with Gasteiger partial charge in [-0.2, -0.15) is 12.6 Å². The van der Waals surface area contributed by atoms with E-state index in [2.05, 4.69) is 28.6 Å². The molecule has 11 nitrogen and oxygen atoms in total. The molecule has 4 atom stereocenters. The second-order valence-corrected chi connectivity index (χ2v) is 8.54. The molecule has 0 saturated heterocycles. The molecule has 0 radical (unpaired) electrons. The van der Waals surface area contributed by atoms with Crippen LogP contribution in [0.5, 0.6) is 0 Å². The summed E-state index contributed by atoms with van der Waals surface area (Å²) in [6, 6.07) is 4.43. The van der Waals surface area contributed by atoms with Gasteiger partial charge in [-0.3, -0.25) is 19.2 Å². The lowest BCUT2D eigenvalue weighted by molar-refractivity contribution is -0.143. The normalized spacial score (nSPS) is 14.4. The first kappa shape index (κ1) is 28.9. The fourth-order valence-electron chi connectivity index (χ4n) is 3.00. The quantitative estimate of drug-likeness (QED) is 0.160. The van der Waals surface area contributed by atoms with Crippen LogP contribution in [-0.2, 0) is 30.4 Å². The molecule has 4 unspecified atom stereocenters. The Bertz CT molecular complexity index is 867. The largest absolute Gasteiger partial charge is 0.480 e. The van der Waals surface area contributed by atoms with Crippen LogP contribution in [0.15, 0.2) is 30.3 Å². The van der Waals surface area contributed by atoms with Crippen LogP contribution in [0, 0.1) is 5.92 Å². The number of hydrogen-bond acceptors (Lipinski definition) is 7. The van der Waals surface area contributed by atoms with E-state index in [1.807, 2.05) is 0 Å². The van der Waals surface area contributed by atoms with Crippen LogP contribution in [0.2, 0.25) is 0 Å². The highest BCUT2D eigenvalue weighted by Gasteiger charge is 2.30. The van der Waals surface area contributed by atoms with Crippen LogP contribution in [0.1, 0.15) is 32.3 Å². The van der Waals surface area contributed by atoms with Crippen molar-refractivity contribution < 1.29 is 29.1 Å². The van der Waals surface area contributed by atoms with Crippen LogP contribution in [-0.4, -0.2) is 64.6 Å². The van der Waals surface area contributed by atoms with E-state index in [9.17, 15) is 29.1 Å². The minimum atomic E-state index is -1.20. The molecule has 188 valence electrons. The van der Waals surface area contributed by atoms with Crippen molar-refractivity contribution in [3.63, 3.8) is 0 Å². The molecule has 0 saturated carbocycles. The third-order valence-electron chi connectivity index (χ3n) is 5.00. The first-order valence-corrected chi connectivity index (χ1v) is 11.4. The molecule has 0 aromatic heterocycles. The van der Waals surface area contributed by atoms with Gasteiger partial charge in [0, 0.05) is 18.6 Å². The maximum Gasteiger partial charge on any atom is 0.326 e. The Morgan fingerprint density at radius 3 is 2.00 bits per heavy atom. The lowest BCUT2D eigenvalue weighted by atomic mass is 10.0. The molecule has 8 N–H and O–H groups in total. The van der Waals surface area contributed by atoms with Gasteiger partial charge in [0.2, 0.25) is 23.6 Å². The smallest absolute Gasteiger partial charge is 0.326 e. The zero-order chi connectivity index (χ0) is 25.8. The average molecular weight is 496 g/mol. The average Bonchev–Trinajstić information content (AvgIpc) is 2.78. The van der Waals surface area contributed by atoms with E-state index in [4.69, 9.17) is 11.5 Å². The van der Waals surface area contributed by atoms with Crippen molar-refractivity contribution in [3.05, 3.63) is 35.9 Å². The lowest BCUT2D eigenvalue weighted by Crippen LogP contribution is -2.58. The number of rotatable bonds is 14. The number of nitrogens with one attached hydrogen (secondary N) is 3. The summed E-state index contributed by atoms with van der Waals surface area (Å²) in [6.45, 7) is 3.28. The molecule has 12 heteroatoms. The molecule has 0 aliphatic rings. The Morgan fingerprint density at radius 1 is 0.941 bits per heavy atom. The predicted molar refractivity (Wildman–Crippen MR) is 129 cm³/mol. The molecular weight excluding hydrogens is 462 g/mol. The standard InChI is InChI=1S/C22H33N5O6S/c1-12(2)18(22(32)33)27-21(31)16(11-34)26-20(30)15(10-13-6-4-3-5-7-13)25-19(29)14(23)8-9-17(24)28/h3-7,12,14-16,18,34H,8-11,23H2,1-2H3,(H2,24,28)(H,25,29)(H,26,30)(H,27,31)(H,32,33). The highest BCUT2D eigenvalue weighted by Crippen LogP contribution is 2.07. The van der Waals surface area contributed by atoms with E-state index in [1.165, 1.54) is 0 Å². The number of aliphatic carboxylic acids is 1. The van der Waals surface area contributed by atoms with E-state index >= 15 is 0 Å². The van der Waals surface area contributed by atoms with Crippen LogP contribution in [0.3, 0.4) is 0 Å². The summed E-state index contributed by atoms with van der Waals surface area (Å²) < 4.78 is 0. The van der Waals surface area contributed by atoms with Crippen LogP contribution < -0.4 is 27.4 Å². The summed E-state index contributed by atoms with van der Waals surface area (Å²) in [4.78, 5) is 60.5. The number of amides is 4. The Labute approximate surface area is 203 Å². The number of nitrogens with two attached hydrogens (primary N) is 2. The third kappa shape index (κ3) is 9.79. The van der Waals surface area contributed by atoms with Gasteiger partial charge in [0.05, 0.1) is 6.04 Å². The van der Waals surface area contributed by atoms with E-state index < -0.39 is 53.8 Å². The summed E-state index contributed by atoms with van der Waals surface area (Å²) in [5.41, 5.74) is 11.6. The van der Waals surface area contributed by atoms with Crippen molar-refractivity contribution >= 4 is 42.2 Å². The summed E-state index contributed by atoms with van der Waals surface area (Å²) in [7, 11) is 0. The second kappa shape index (κ2) is 14.2. The van der Waals surface area contributed by atoms with E-state index in [0.29, 0.717) is 0 Å². The zero-order valence-corrected chi connectivity index (χ0v) is 20.1. The van der Waals surface area contributed by atoms with E-state index in [0.717, 1.165) is 5.56 Å². The molecule has 0 aliphatic carbocycles. The number of carboxylic acid groups (broad SMARTS) is 1. The Hall–Kier alpha value is -3.12. The topological polar surface area (TPSA) is 194 Å². The van der Waals surface area contributed by atoms with Crippen molar-refractivity contribution in [1.82, 2.24) is 16.0 Å². The summed E-state index contributed by atoms with van der Waals surface area (Å²) in [5.74, 6) is -4.35. The lowest BCUT2D eigenvalue weighted by Gasteiger charge is -2.25. The molecule has 0 heterocycles. The van der Waals surface area contributed by atoms with Gasteiger partial charge in [0.25, 0.3) is 0 Å². The number of hydrogen-bond donors (Lipinski definition) is 7. The highest BCUT2D eigenvalue weighted by atomic mass is 32.1. The Kier molecular flexibility index (Phi) is 12.1. The molecule has 0 aliphatic heterocycles. The predicted octanol–water partition coefficient (Wildman–Crippen LogP) is -1.05. The molecular formula is C22H33N5O6S. The van der Waals surface area contributed by atoms with Gasteiger partial charge in [-0.05, 0) is 17.9 Å².